The second-order valence-electron chi connectivity index (χ2n) is 0. The van der Waals surface area contributed by atoms with E-state index in [0.717, 1.165) is 0 Å². The summed E-state index contributed by atoms with van der Waals surface area (Å²) in [6.45, 7) is 0. The molecule has 0 saturated carbocycles. The average molecular weight is 362 g/mol. The summed E-state index contributed by atoms with van der Waals surface area (Å²) in [4.78, 5) is 0. The van der Waals surface area contributed by atoms with E-state index in [1.807, 2.05) is 0 Å². The van der Waals surface area contributed by atoms with E-state index in [2.05, 4.69) is 0 Å². The van der Waals surface area contributed by atoms with Crippen LogP contribution >= 0.6 is 0 Å². The zero-order valence-corrected chi connectivity index (χ0v) is 15.1. The average Bonchev–Trinajstić information content (AvgIpc) is 0. The van der Waals surface area contributed by atoms with Crippen molar-refractivity contribution in [2.24, 2.45) is 0 Å². The van der Waals surface area contributed by atoms with Crippen molar-refractivity contribution in [3.8, 4) is 0 Å². The van der Waals surface area contributed by atoms with Crippen molar-refractivity contribution in [3.63, 3.8) is 0 Å². The quantitative estimate of drug-likeness (QED) is 0.376. The molecule has 0 aromatic carbocycles. The summed E-state index contributed by atoms with van der Waals surface area (Å²) in [6, 6.07) is 0. The van der Waals surface area contributed by atoms with Gasteiger partial charge in [0.25, 0.3) is 0 Å². The van der Waals surface area contributed by atoms with Gasteiger partial charge < -0.3 is 40.5 Å². The van der Waals surface area contributed by atoms with Crippen molar-refractivity contribution in [2.75, 3.05) is 0 Å². The van der Waals surface area contributed by atoms with Gasteiger partial charge in [-0.2, -0.15) is 0 Å². The first-order valence-corrected chi connectivity index (χ1v) is 0. The molecule has 0 amide bonds. The number of hydrogen-bond acceptors (Lipinski definition) is 0. The van der Waals surface area contributed by atoms with Gasteiger partial charge in [-0.3, -0.25) is 0 Å². The van der Waals surface area contributed by atoms with Gasteiger partial charge in [0.05, 0.1) is 0 Å². The molecule has 0 radical (unpaired) electrons. The zero-order valence-electron chi connectivity index (χ0n) is 4.53. The summed E-state index contributed by atoms with van der Waals surface area (Å²) in [5, 5.41) is 0. The predicted octanol–water partition coefficient (Wildman–Crippen LogP) is -9.00. The van der Waals surface area contributed by atoms with Gasteiger partial charge in [-0.1, -0.05) is 0 Å². The molecule has 0 bridgehead atoms. The number of hydrogen-bond donors (Lipinski definition) is 0. The summed E-state index contributed by atoms with van der Waals surface area (Å²) >= 11 is 0. The van der Waals surface area contributed by atoms with E-state index in [1.54, 1.807) is 0 Å². The van der Waals surface area contributed by atoms with E-state index >= 15 is 0 Å². The van der Waals surface area contributed by atoms with Crippen LogP contribution in [0.4, 0.5) is 0 Å². The van der Waals surface area contributed by atoms with E-state index < -0.39 is 0 Å². The molecular formula is AuNa3S3. The zero-order chi connectivity index (χ0) is 0. The van der Waals surface area contributed by atoms with E-state index in [4.69, 9.17) is 0 Å². The topological polar surface area (TPSA) is 0 Å². The van der Waals surface area contributed by atoms with Crippen molar-refractivity contribution in [1.29, 1.82) is 0 Å². The standard InChI is InChI=1S/Au.3Na.3S/q+3;3*+1;3*-2. The van der Waals surface area contributed by atoms with E-state index in [-0.39, 0.29) is 152 Å². The van der Waals surface area contributed by atoms with Crippen molar-refractivity contribution < 1.29 is 111 Å². The monoisotopic (exact) mass is 362 g/mol. The van der Waals surface area contributed by atoms with Crippen LogP contribution in [0.15, 0.2) is 0 Å². The first kappa shape index (κ1) is 59.8. The number of rotatable bonds is 0. The normalized spacial score (nSPS) is 0. The van der Waals surface area contributed by atoms with Crippen LogP contribution < -0.4 is 88.7 Å². The van der Waals surface area contributed by atoms with Crippen molar-refractivity contribution in [3.05, 3.63) is 0 Å². The third-order valence-electron chi connectivity index (χ3n) is 0. The Labute approximate surface area is 148 Å². The summed E-state index contributed by atoms with van der Waals surface area (Å²) in [5.41, 5.74) is 0. The molecule has 0 spiro atoms. The Kier molecular flexibility index (Phi) is 385. The Hall–Kier alpha value is 4.79. The molecule has 0 saturated heterocycles. The molecule has 0 aromatic rings. The predicted molar refractivity (Wildman–Crippen MR) is 22.1 cm³/mol. The van der Waals surface area contributed by atoms with Gasteiger partial charge in [-0.25, -0.2) is 0 Å². The molecule has 7 heteroatoms. The fourth-order valence-corrected chi connectivity index (χ4v) is 0. The van der Waals surface area contributed by atoms with Crippen LogP contribution in [0.1, 0.15) is 0 Å². The Balaban J connectivity index is 0. The van der Waals surface area contributed by atoms with Gasteiger partial charge in [-0.15, -0.1) is 0 Å². The van der Waals surface area contributed by atoms with E-state index in [0.29, 0.717) is 0 Å². The van der Waals surface area contributed by atoms with E-state index in [9.17, 15) is 0 Å². The summed E-state index contributed by atoms with van der Waals surface area (Å²) < 4.78 is 0. The second kappa shape index (κ2) is 45.1. The Morgan fingerprint density at radius 2 is 0.429 bits per heavy atom. The maximum atomic E-state index is 0. The molecule has 0 aromatic heterocycles. The third kappa shape index (κ3) is 36.3. The van der Waals surface area contributed by atoms with Crippen molar-refractivity contribution in [1.82, 2.24) is 0 Å². The SMILES string of the molecule is [Au+3].[Na+].[Na+].[Na+].[S-2].[S-2].[S-2]. The van der Waals surface area contributed by atoms with Crippen LogP contribution in [-0.2, 0) is 62.9 Å². The molecule has 0 N–H and O–H groups in total. The summed E-state index contributed by atoms with van der Waals surface area (Å²) in [7, 11) is 0. The first-order valence-electron chi connectivity index (χ1n) is 0. The van der Waals surface area contributed by atoms with Gasteiger partial charge in [0.2, 0.25) is 0 Å². The molecule has 0 unspecified atom stereocenters. The second-order valence-corrected chi connectivity index (χ2v) is 0. The third-order valence-corrected chi connectivity index (χ3v) is 0. The largest absolute Gasteiger partial charge is 3.00 e. The van der Waals surface area contributed by atoms with E-state index in [1.165, 1.54) is 0 Å². The minimum Gasteiger partial charge on any atom is -2.00 e. The van der Waals surface area contributed by atoms with Crippen LogP contribution in [0.5, 0.6) is 0 Å². The van der Waals surface area contributed by atoms with Crippen LogP contribution in [0.25, 0.3) is 0 Å². The molecular weight excluding hydrogens is 362 g/mol. The van der Waals surface area contributed by atoms with Crippen molar-refractivity contribution in [2.45, 2.75) is 0 Å². The summed E-state index contributed by atoms with van der Waals surface area (Å²) in [6.07, 6.45) is 0. The smallest absolute Gasteiger partial charge is 2.00 e. The molecule has 0 fully saturated rings. The maximum absolute atomic E-state index is 0. The van der Waals surface area contributed by atoms with Crippen LogP contribution in [0, 0.1) is 0 Å². The molecule has 7 heavy (non-hydrogen) atoms. The van der Waals surface area contributed by atoms with Gasteiger partial charge in [0.1, 0.15) is 0 Å². The van der Waals surface area contributed by atoms with Gasteiger partial charge in [-0.05, 0) is 0 Å². The molecule has 0 rings (SSSR count). The Morgan fingerprint density at radius 1 is 0.429 bits per heavy atom. The van der Waals surface area contributed by atoms with Crippen molar-refractivity contribution >= 4 is 40.5 Å². The van der Waals surface area contributed by atoms with Gasteiger partial charge in [0, 0.05) is 0 Å². The van der Waals surface area contributed by atoms with Gasteiger partial charge in [0.15, 0.2) is 0 Å². The first-order chi connectivity index (χ1) is 0. The molecule has 0 aliphatic rings. The van der Waals surface area contributed by atoms with Crippen LogP contribution in [-0.4, -0.2) is 0 Å². The maximum Gasteiger partial charge on any atom is 3.00 e. The molecule has 0 heterocycles. The molecule has 0 aliphatic heterocycles. The molecule has 32 valence electrons. The Morgan fingerprint density at radius 3 is 0.429 bits per heavy atom. The minimum atomic E-state index is 0. The fourth-order valence-electron chi connectivity index (χ4n) is 0. The van der Waals surface area contributed by atoms with Crippen LogP contribution in [0.2, 0.25) is 0 Å². The fraction of sp³-hybridized carbons (Fsp3) is 0. The molecule has 0 aliphatic carbocycles. The van der Waals surface area contributed by atoms with Crippen LogP contribution in [0.3, 0.4) is 0 Å². The molecule has 0 nitrogen and oxygen atoms in total. The Bertz CT molecular complexity index is 10.1. The van der Waals surface area contributed by atoms with Gasteiger partial charge >= 0.3 is 111 Å². The minimum absolute atomic E-state index is 0. The summed E-state index contributed by atoms with van der Waals surface area (Å²) in [5.74, 6) is 0. The molecule has 0 atom stereocenters.